The number of hydrogen-bond acceptors (Lipinski definition) is 4. The highest BCUT2D eigenvalue weighted by Crippen LogP contribution is 2.39. The van der Waals surface area contributed by atoms with E-state index in [0.717, 1.165) is 25.9 Å². The van der Waals surface area contributed by atoms with Gasteiger partial charge in [0.25, 0.3) is 11.8 Å². The number of benzene rings is 2. The van der Waals surface area contributed by atoms with Crippen LogP contribution in [0.25, 0.3) is 5.57 Å². The molecule has 4 rings (SSSR count). The summed E-state index contributed by atoms with van der Waals surface area (Å²) in [5, 5.41) is 0.474. The van der Waals surface area contributed by atoms with Crippen LogP contribution < -0.4 is 9.64 Å². The Balaban J connectivity index is 1.87. The summed E-state index contributed by atoms with van der Waals surface area (Å²) in [5.41, 5.74) is 1.94. The van der Waals surface area contributed by atoms with Crippen LogP contribution in [0, 0.1) is 5.92 Å². The van der Waals surface area contributed by atoms with E-state index in [-0.39, 0.29) is 11.8 Å². The summed E-state index contributed by atoms with van der Waals surface area (Å²) in [5.74, 6) is 0.361. The fourth-order valence-corrected chi connectivity index (χ4v) is 4.33. The monoisotopic (exact) mass is 410 g/mol. The lowest BCUT2D eigenvalue weighted by molar-refractivity contribution is -0.120. The molecule has 1 saturated heterocycles. The first-order chi connectivity index (χ1) is 14.0. The minimum Gasteiger partial charge on any atom is -0.496 e. The molecular formula is C23H23ClN2O3. The third-order valence-electron chi connectivity index (χ3n) is 5.48. The van der Waals surface area contributed by atoms with E-state index in [1.54, 1.807) is 37.4 Å². The van der Waals surface area contributed by atoms with Gasteiger partial charge in [0.15, 0.2) is 0 Å². The second-order valence-electron chi connectivity index (χ2n) is 7.54. The molecular weight excluding hydrogens is 388 g/mol. The van der Waals surface area contributed by atoms with E-state index in [1.807, 2.05) is 18.2 Å². The van der Waals surface area contributed by atoms with Crippen molar-refractivity contribution in [1.82, 2.24) is 4.90 Å². The summed E-state index contributed by atoms with van der Waals surface area (Å²) < 4.78 is 5.50. The summed E-state index contributed by atoms with van der Waals surface area (Å²) in [6, 6.07) is 14.2. The molecule has 2 amide bonds. The maximum absolute atomic E-state index is 13.6. The van der Waals surface area contributed by atoms with E-state index in [1.165, 1.54) is 4.90 Å². The van der Waals surface area contributed by atoms with Crippen molar-refractivity contribution in [3.05, 3.63) is 64.8 Å². The Bertz CT molecular complexity index is 1000. The molecule has 0 saturated carbocycles. The van der Waals surface area contributed by atoms with Crippen molar-refractivity contribution in [2.24, 2.45) is 5.92 Å². The number of rotatable bonds is 4. The second kappa shape index (κ2) is 7.91. The highest BCUT2D eigenvalue weighted by molar-refractivity contribution is 6.46. The summed E-state index contributed by atoms with van der Waals surface area (Å²) in [6.07, 6.45) is 2.11. The number of carbonyl (C=O) groups excluding carboxylic acids is 2. The fourth-order valence-electron chi connectivity index (χ4n) is 4.15. The van der Waals surface area contributed by atoms with Gasteiger partial charge >= 0.3 is 0 Å². The molecule has 1 unspecified atom stereocenters. The summed E-state index contributed by atoms with van der Waals surface area (Å²) >= 11 is 6.13. The van der Waals surface area contributed by atoms with Gasteiger partial charge in [-0.3, -0.25) is 9.59 Å². The molecule has 6 heteroatoms. The van der Waals surface area contributed by atoms with Crippen molar-refractivity contribution in [1.29, 1.82) is 0 Å². The van der Waals surface area contributed by atoms with Gasteiger partial charge in [-0.15, -0.1) is 0 Å². The number of likely N-dealkylation sites (tertiary alicyclic amines) is 1. The number of amides is 2. The third kappa shape index (κ3) is 3.51. The predicted molar refractivity (Wildman–Crippen MR) is 114 cm³/mol. The van der Waals surface area contributed by atoms with Crippen LogP contribution >= 0.6 is 11.6 Å². The van der Waals surface area contributed by atoms with Gasteiger partial charge in [0, 0.05) is 23.7 Å². The normalized spacial score (nSPS) is 19.9. The Labute approximate surface area is 175 Å². The van der Waals surface area contributed by atoms with Crippen molar-refractivity contribution >= 4 is 34.7 Å². The van der Waals surface area contributed by atoms with Crippen LogP contribution in [0.3, 0.4) is 0 Å². The first-order valence-electron chi connectivity index (χ1n) is 9.78. The lowest BCUT2D eigenvalue weighted by Gasteiger charge is -2.33. The number of para-hydroxylation sites is 1. The van der Waals surface area contributed by atoms with Gasteiger partial charge in [-0.2, -0.15) is 0 Å². The van der Waals surface area contributed by atoms with Crippen LogP contribution in [0.15, 0.2) is 54.2 Å². The van der Waals surface area contributed by atoms with Gasteiger partial charge in [0.05, 0.1) is 18.4 Å². The van der Waals surface area contributed by atoms with Crippen LogP contribution in [-0.2, 0) is 9.59 Å². The molecule has 2 aliphatic rings. The lowest BCUT2D eigenvalue weighted by atomic mass is 9.97. The first kappa shape index (κ1) is 19.5. The van der Waals surface area contributed by atoms with E-state index in [4.69, 9.17) is 16.3 Å². The van der Waals surface area contributed by atoms with Gasteiger partial charge in [0.1, 0.15) is 11.4 Å². The zero-order valence-corrected chi connectivity index (χ0v) is 17.3. The predicted octanol–water partition coefficient (Wildman–Crippen LogP) is 4.37. The fraction of sp³-hybridized carbons (Fsp3) is 0.304. The van der Waals surface area contributed by atoms with Gasteiger partial charge in [-0.25, -0.2) is 4.90 Å². The number of halogens is 1. The smallest absolute Gasteiger partial charge is 0.282 e. The number of imide groups is 1. The van der Waals surface area contributed by atoms with Crippen LogP contribution in [-0.4, -0.2) is 36.9 Å². The van der Waals surface area contributed by atoms with E-state index in [9.17, 15) is 9.59 Å². The molecule has 29 heavy (non-hydrogen) atoms. The van der Waals surface area contributed by atoms with E-state index < -0.39 is 0 Å². The quantitative estimate of drug-likeness (QED) is 0.702. The lowest BCUT2D eigenvalue weighted by Crippen LogP contribution is -2.39. The van der Waals surface area contributed by atoms with Gasteiger partial charge in [-0.1, -0.05) is 42.8 Å². The van der Waals surface area contributed by atoms with Gasteiger partial charge in [0.2, 0.25) is 0 Å². The summed E-state index contributed by atoms with van der Waals surface area (Å²) in [4.78, 5) is 30.4. The molecule has 0 bridgehead atoms. The molecule has 0 N–H and O–H groups in total. The number of hydrogen-bond donors (Lipinski definition) is 0. The van der Waals surface area contributed by atoms with Crippen molar-refractivity contribution in [2.45, 2.75) is 19.8 Å². The number of carbonyl (C=O) groups is 2. The standard InChI is InChI=1S/C23H23ClN2O3/c1-15-7-6-12-25(14-15)21-20(18-10-3-4-11-19(18)29-2)22(27)26(23(21)28)17-9-5-8-16(24)13-17/h3-5,8-11,13,15H,6-7,12,14H2,1-2H3. The molecule has 0 aromatic heterocycles. The highest BCUT2D eigenvalue weighted by atomic mass is 35.5. The number of ether oxygens (including phenoxy) is 1. The molecule has 0 radical (unpaired) electrons. The number of nitrogens with zero attached hydrogens (tertiary/aromatic N) is 2. The molecule has 150 valence electrons. The SMILES string of the molecule is COc1ccccc1C1=C(N2CCCC(C)C2)C(=O)N(c2cccc(Cl)c2)C1=O. The minimum absolute atomic E-state index is 0.313. The van der Waals surface area contributed by atoms with E-state index in [2.05, 4.69) is 11.8 Å². The van der Waals surface area contributed by atoms with E-state index >= 15 is 0 Å². The molecule has 1 fully saturated rings. The Kier molecular flexibility index (Phi) is 5.33. The van der Waals surface area contributed by atoms with Crippen LogP contribution in [0.5, 0.6) is 5.75 Å². The number of methoxy groups -OCH3 is 1. The molecule has 2 heterocycles. The van der Waals surface area contributed by atoms with Crippen molar-refractivity contribution in [2.75, 3.05) is 25.1 Å². The molecule has 2 aromatic rings. The van der Waals surface area contributed by atoms with Crippen molar-refractivity contribution in [3.63, 3.8) is 0 Å². The first-order valence-corrected chi connectivity index (χ1v) is 10.2. The minimum atomic E-state index is -0.352. The second-order valence-corrected chi connectivity index (χ2v) is 7.98. The molecule has 0 spiro atoms. The maximum atomic E-state index is 13.6. The highest BCUT2D eigenvalue weighted by Gasteiger charge is 2.43. The van der Waals surface area contributed by atoms with Crippen LogP contribution in [0.4, 0.5) is 5.69 Å². The molecule has 1 atom stereocenters. The largest absolute Gasteiger partial charge is 0.496 e. The molecule has 5 nitrogen and oxygen atoms in total. The van der Waals surface area contributed by atoms with Crippen LogP contribution in [0.1, 0.15) is 25.3 Å². The van der Waals surface area contributed by atoms with Crippen molar-refractivity contribution in [3.8, 4) is 5.75 Å². The summed E-state index contributed by atoms with van der Waals surface area (Å²) in [6.45, 7) is 3.67. The third-order valence-corrected chi connectivity index (χ3v) is 5.71. The van der Waals surface area contributed by atoms with Gasteiger partial charge < -0.3 is 9.64 Å². The van der Waals surface area contributed by atoms with Gasteiger partial charge in [-0.05, 0) is 43.0 Å². The topological polar surface area (TPSA) is 49.9 Å². The van der Waals surface area contributed by atoms with Crippen molar-refractivity contribution < 1.29 is 14.3 Å². The average molecular weight is 411 g/mol. The summed E-state index contributed by atoms with van der Waals surface area (Å²) in [7, 11) is 1.57. The number of anilines is 1. The Morgan fingerprint density at radius 2 is 1.86 bits per heavy atom. The Hall–Kier alpha value is -2.79. The Morgan fingerprint density at radius 1 is 1.07 bits per heavy atom. The van der Waals surface area contributed by atoms with Crippen LogP contribution in [0.2, 0.25) is 5.02 Å². The molecule has 2 aliphatic heterocycles. The zero-order valence-electron chi connectivity index (χ0n) is 16.5. The Morgan fingerprint density at radius 3 is 2.59 bits per heavy atom. The average Bonchev–Trinajstić information content (AvgIpc) is 2.98. The molecule has 2 aromatic carbocycles. The molecule has 0 aliphatic carbocycles. The number of piperidine rings is 1. The maximum Gasteiger partial charge on any atom is 0.282 e. The zero-order chi connectivity index (χ0) is 20.5. The van der Waals surface area contributed by atoms with E-state index in [0.29, 0.717) is 39.2 Å².